The Bertz CT molecular complexity index is 1210. The van der Waals surface area contributed by atoms with Gasteiger partial charge < -0.3 is 10.1 Å². The summed E-state index contributed by atoms with van der Waals surface area (Å²) >= 11 is 0. The minimum Gasteiger partial charge on any atom is -0.478 e. The molecule has 2 N–H and O–H groups in total. The fourth-order valence-corrected chi connectivity index (χ4v) is 2.86. The maximum atomic E-state index is 13.0. The Balaban J connectivity index is 1.94. The van der Waals surface area contributed by atoms with E-state index < -0.39 is 23.3 Å². The van der Waals surface area contributed by atoms with Crippen molar-refractivity contribution in [3.05, 3.63) is 70.1 Å². The number of benzene rings is 2. The minimum absolute atomic E-state index is 0.0384. The van der Waals surface area contributed by atoms with Crippen molar-refractivity contribution in [3.8, 4) is 16.9 Å². The van der Waals surface area contributed by atoms with Crippen LogP contribution in [-0.2, 0) is 6.18 Å². The second-order valence-electron chi connectivity index (χ2n) is 5.88. The van der Waals surface area contributed by atoms with Gasteiger partial charge in [-0.2, -0.15) is 23.0 Å². The first kappa shape index (κ1) is 16.8. The average molecular weight is 373 g/mol. The molecule has 6 nitrogen and oxygen atoms in total. The van der Waals surface area contributed by atoms with E-state index >= 15 is 0 Å². The van der Waals surface area contributed by atoms with Gasteiger partial charge in [0.25, 0.3) is 5.56 Å². The Labute approximate surface area is 148 Å². The van der Waals surface area contributed by atoms with E-state index in [2.05, 4.69) is 10.1 Å². The topological polar surface area (TPSA) is 88.0 Å². The molecule has 0 bridgehead atoms. The Morgan fingerprint density at radius 2 is 1.81 bits per heavy atom. The number of carboxylic acids is 1. The summed E-state index contributed by atoms with van der Waals surface area (Å²) in [5.41, 5.74) is -0.363. The van der Waals surface area contributed by atoms with E-state index in [1.165, 1.54) is 36.5 Å². The number of hydrogen-bond acceptors (Lipinski definition) is 3. The minimum atomic E-state index is -4.52. The van der Waals surface area contributed by atoms with Gasteiger partial charge >= 0.3 is 12.1 Å². The molecule has 0 amide bonds. The number of H-pyrrole nitrogens is 1. The van der Waals surface area contributed by atoms with Crippen molar-refractivity contribution < 1.29 is 23.1 Å². The van der Waals surface area contributed by atoms with E-state index in [-0.39, 0.29) is 22.2 Å². The number of fused-ring (bicyclic) bond motifs is 3. The molecule has 27 heavy (non-hydrogen) atoms. The van der Waals surface area contributed by atoms with Crippen LogP contribution in [0.4, 0.5) is 13.2 Å². The SMILES string of the molecule is O=C(O)c1ccc(-n2nc3c4cc(C(F)(F)F)ccc4[nH]cc-3c2=O)cc1. The maximum absolute atomic E-state index is 13.0. The molecule has 0 unspecified atom stereocenters. The highest BCUT2D eigenvalue weighted by atomic mass is 19.4. The zero-order chi connectivity index (χ0) is 19.3. The van der Waals surface area contributed by atoms with E-state index in [0.717, 1.165) is 16.8 Å². The second-order valence-corrected chi connectivity index (χ2v) is 5.88. The molecule has 2 aliphatic heterocycles. The van der Waals surface area contributed by atoms with Crippen molar-refractivity contribution in [1.29, 1.82) is 0 Å². The molecule has 136 valence electrons. The average Bonchev–Trinajstić information content (AvgIpc) is 2.98. The number of carboxylic acid groups (broad SMARTS) is 1. The lowest BCUT2D eigenvalue weighted by atomic mass is 10.1. The highest BCUT2D eigenvalue weighted by Gasteiger charge is 2.31. The van der Waals surface area contributed by atoms with Gasteiger partial charge in [0.1, 0.15) is 5.69 Å². The second kappa shape index (κ2) is 5.70. The molecule has 9 heteroatoms. The van der Waals surface area contributed by atoms with E-state index in [9.17, 15) is 22.8 Å². The highest BCUT2D eigenvalue weighted by Crippen LogP contribution is 2.34. The fraction of sp³-hybridized carbons (Fsp3) is 0.0556. The first-order chi connectivity index (χ1) is 12.8. The standard InChI is InChI=1S/C18H10F3N3O3/c19-18(20,21)10-3-6-14-12(7-10)15-13(8-22-14)16(25)24(23-15)11-4-1-9(2-5-11)17(26)27/h1-8,22H,(H,26,27). The summed E-state index contributed by atoms with van der Waals surface area (Å²) in [5, 5.41) is 13.3. The van der Waals surface area contributed by atoms with E-state index in [1.807, 2.05) is 0 Å². The van der Waals surface area contributed by atoms with Gasteiger partial charge in [0.15, 0.2) is 0 Å². The molecule has 0 saturated carbocycles. The van der Waals surface area contributed by atoms with Crippen molar-refractivity contribution in [2.45, 2.75) is 6.18 Å². The lowest BCUT2D eigenvalue weighted by molar-refractivity contribution is -0.137. The molecule has 0 spiro atoms. The molecule has 0 radical (unpaired) electrons. The van der Waals surface area contributed by atoms with Crippen molar-refractivity contribution in [3.63, 3.8) is 0 Å². The summed E-state index contributed by atoms with van der Waals surface area (Å²) in [6, 6.07) is 8.62. The van der Waals surface area contributed by atoms with Gasteiger partial charge in [0, 0.05) is 17.1 Å². The van der Waals surface area contributed by atoms with Crippen LogP contribution in [0.15, 0.2) is 53.5 Å². The predicted octanol–water partition coefficient (Wildman–Crippen LogP) is 3.54. The monoisotopic (exact) mass is 373 g/mol. The quantitative estimate of drug-likeness (QED) is 0.563. The maximum Gasteiger partial charge on any atom is 0.416 e. The molecule has 2 aliphatic rings. The Hall–Kier alpha value is -3.62. The summed E-state index contributed by atoms with van der Waals surface area (Å²) in [4.78, 5) is 26.4. The van der Waals surface area contributed by atoms with Gasteiger partial charge in [0.05, 0.1) is 22.4 Å². The van der Waals surface area contributed by atoms with Crippen LogP contribution in [0.25, 0.3) is 27.8 Å². The molecule has 0 saturated heterocycles. The number of nitrogens with one attached hydrogen (secondary N) is 1. The van der Waals surface area contributed by atoms with Gasteiger partial charge in [-0.15, -0.1) is 0 Å². The number of aromatic nitrogens is 3. The molecule has 0 aromatic heterocycles. The molecule has 4 rings (SSSR count). The largest absolute Gasteiger partial charge is 0.478 e. The molecule has 0 aliphatic carbocycles. The third-order valence-electron chi connectivity index (χ3n) is 4.21. The molecular weight excluding hydrogens is 363 g/mol. The van der Waals surface area contributed by atoms with E-state index in [0.29, 0.717) is 11.2 Å². The summed E-state index contributed by atoms with van der Waals surface area (Å²) < 4.78 is 40.1. The lowest BCUT2D eigenvalue weighted by Crippen LogP contribution is -2.14. The zero-order valence-corrected chi connectivity index (χ0v) is 13.4. The number of alkyl halides is 3. The number of carbonyl (C=O) groups is 1. The number of aromatic amines is 1. The molecule has 2 aromatic rings. The van der Waals surface area contributed by atoms with Crippen LogP contribution in [-0.4, -0.2) is 25.8 Å². The van der Waals surface area contributed by atoms with Crippen LogP contribution in [0.5, 0.6) is 0 Å². The zero-order valence-electron chi connectivity index (χ0n) is 13.4. The van der Waals surface area contributed by atoms with Gasteiger partial charge in [-0.3, -0.25) is 4.79 Å². The number of pyridine rings is 1. The molecule has 2 aromatic carbocycles. The fourth-order valence-electron chi connectivity index (χ4n) is 2.86. The van der Waals surface area contributed by atoms with Crippen LogP contribution < -0.4 is 5.56 Å². The van der Waals surface area contributed by atoms with Gasteiger partial charge in [-0.25, -0.2) is 4.79 Å². The first-order valence-electron chi connectivity index (χ1n) is 7.71. The van der Waals surface area contributed by atoms with Crippen LogP contribution >= 0.6 is 0 Å². The molecular formula is C18H10F3N3O3. The van der Waals surface area contributed by atoms with Crippen LogP contribution in [0, 0.1) is 0 Å². The third-order valence-corrected chi connectivity index (χ3v) is 4.21. The predicted molar refractivity (Wildman–Crippen MR) is 90.3 cm³/mol. The number of halogens is 3. The van der Waals surface area contributed by atoms with Gasteiger partial charge in [-0.05, 0) is 42.5 Å². The van der Waals surface area contributed by atoms with Crippen molar-refractivity contribution in [1.82, 2.24) is 14.8 Å². The first-order valence-corrected chi connectivity index (χ1v) is 7.71. The lowest BCUT2D eigenvalue weighted by Gasteiger charge is -2.09. The Kier molecular flexibility index (Phi) is 3.55. The van der Waals surface area contributed by atoms with Crippen LogP contribution in [0.2, 0.25) is 0 Å². The summed E-state index contributed by atoms with van der Waals surface area (Å²) in [5.74, 6) is -1.12. The third kappa shape index (κ3) is 2.73. The Morgan fingerprint density at radius 3 is 2.44 bits per heavy atom. The number of aromatic carboxylic acids is 1. The molecule has 0 atom stereocenters. The Morgan fingerprint density at radius 1 is 1.11 bits per heavy atom. The smallest absolute Gasteiger partial charge is 0.416 e. The molecule has 0 fully saturated rings. The van der Waals surface area contributed by atoms with E-state index in [4.69, 9.17) is 5.11 Å². The molecule has 2 heterocycles. The van der Waals surface area contributed by atoms with Crippen LogP contribution in [0.3, 0.4) is 0 Å². The normalized spacial score (nSPS) is 12.0. The van der Waals surface area contributed by atoms with Crippen molar-refractivity contribution >= 4 is 16.9 Å². The van der Waals surface area contributed by atoms with Crippen molar-refractivity contribution in [2.24, 2.45) is 0 Å². The number of hydrogen-bond donors (Lipinski definition) is 2. The van der Waals surface area contributed by atoms with Gasteiger partial charge in [-0.1, -0.05) is 0 Å². The highest BCUT2D eigenvalue weighted by molar-refractivity contribution is 5.93. The van der Waals surface area contributed by atoms with Gasteiger partial charge in [0.2, 0.25) is 0 Å². The van der Waals surface area contributed by atoms with Crippen LogP contribution in [0.1, 0.15) is 15.9 Å². The van der Waals surface area contributed by atoms with Crippen molar-refractivity contribution in [2.75, 3.05) is 0 Å². The number of rotatable bonds is 2. The summed E-state index contributed by atoms with van der Waals surface area (Å²) in [6.07, 6.45) is -3.13. The summed E-state index contributed by atoms with van der Waals surface area (Å²) in [7, 11) is 0. The number of nitrogens with zero attached hydrogens (tertiary/aromatic N) is 2. The summed E-state index contributed by atoms with van der Waals surface area (Å²) in [6.45, 7) is 0. The van der Waals surface area contributed by atoms with E-state index in [1.54, 1.807) is 0 Å².